The summed E-state index contributed by atoms with van der Waals surface area (Å²) in [4.78, 5) is 10.8. The molecule has 1 amide bonds. The van der Waals surface area contributed by atoms with Crippen molar-refractivity contribution in [3.05, 3.63) is 35.4 Å². The van der Waals surface area contributed by atoms with Crippen molar-refractivity contribution in [2.75, 3.05) is 0 Å². The molecule has 88 valence electrons. The van der Waals surface area contributed by atoms with Crippen LogP contribution in [0.3, 0.4) is 0 Å². The van der Waals surface area contributed by atoms with Gasteiger partial charge in [0.25, 0.3) is 0 Å². The normalized spacial score (nSPS) is 13.3. The maximum atomic E-state index is 12.4. The van der Waals surface area contributed by atoms with E-state index >= 15 is 0 Å². The summed E-state index contributed by atoms with van der Waals surface area (Å²) >= 11 is 0. The number of amides is 1. The average molecular weight is 231 g/mol. The number of hydrogen-bond donors (Lipinski definition) is 1. The van der Waals surface area contributed by atoms with Gasteiger partial charge >= 0.3 is 6.18 Å². The second-order valence-electron chi connectivity index (χ2n) is 3.55. The van der Waals surface area contributed by atoms with Gasteiger partial charge in [0.1, 0.15) is 0 Å². The van der Waals surface area contributed by atoms with E-state index in [0.29, 0.717) is 5.56 Å². The third-order valence-corrected chi connectivity index (χ3v) is 2.13. The molecule has 0 unspecified atom stereocenters. The van der Waals surface area contributed by atoms with Crippen molar-refractivity contribution in [2.24, 2.45) is 0 Å². The molecule has 0 saturated heterocycles. The molecule has 0 bridgehead atoms. The molecule has 1 atom stereocenters. The summed E-state index contributed by atoms with van der Waals surface area (Å²) in [5, 5.41) is 2.53. The van der Waals surface area contributed by atoms with E-state index in [1.54, 1.807) is 13.0 Å². The summed E-state index contributed by atoms with van der Waals surface area (Å²) < 4.78 is 37.2. The summed E-state index contributed by atoms with van der Waals surface area (Å²) in [6.45, 7) is 2.96. The average Bonchev–Trinajstić information content (AvgIpc) is 2.15. The van der Waals surface area contributed by atoms with Gasteiger partial charge in [-0.05, 0) is 24.6 Å². The Hall–Kier alpha value is -1.52. The quantitative estimate of drug-likeness (QED) is 0.833. The van der Waals surface area contributed by atoms with Gasteiger partial charge in [-0.1, -0.05) is 12.1 Å². The molecule has 16 heavy (non-hydrogen) atoms. The number of alkyl halides is 3. The van der Waals surface area contributed by atoms with E-state index < -0.39 is 17.8 Å². The maximum Gasteiger partial charge on any atom is 0.416 e. The Morgan fingerprint density at radius 3 is 2.50 bits per heavy atom. The summed E-state index contributed by atoms with van der Waals surface area (Å²) in [5.74, 6) is -0.273. The highest BCUT2D eigenvalue weighted by Crippen LogP contribution is 2.30. The number of rotatable bonds is 2. The second kappa shape index (κ2) is 4.55. The van der Waals surface area contributed by atoms with Crippen molar-refractivity contribution >= 4 is 5.91 Å². The van der Waals surface area contributed by atoms with Crippen LogP contribution in [0.4, 0.5) is 13.2 Å². The van der Waals surface area contributed by atoms with Crippen molar-refractivity contribution in [2.45, 2.75) is 26.1 Å². The Labute approximate surface area is 91.5 Å². The molecule has 0 aliphatic heterocycles. The third kappa shape index (κ3) is 3.25. The van der Waals surface area contributed by atoms with Crippen LogP contribution in [0.5, 0.6) is 0 Å². The number of benzene rings is 1. The highest BCUT2D eigenvalue weighted by atomic mass is 19.4. The molecule has 0 aliphatic carbocycles. The van der Waals surface area contributed by atoms with Crippen LogP contribution in [-0.4, -0.2) is 5.91 Å². The number of halogens is 3. The Balaban J connectivity index is 2.94. The van der Waals surface area contributed by atoms with Crippen LogP contribution in [-0.2, 0) is 11.0 Å². The Morgan fingerprint density at radius 2 is 2.00 bits per heavy atom. The number of nitrogens with one attached hydrogen (secondary N) is 1. The smallest absolute Gasteiger partial charge is 0.350 e. The molecule has 2 nitrogen and oxygen atoms in total. The largest absolute Gasteiger partial charge is 0.416 e. The molecule has 0 aromatic heterocycles. The fourth-order valence-electron chi connectivity index (χ4n) is 1.37. The number of carbonyl (C=O) groups is 1. The van der Waals surface area contributed by atoms with E-state index in [2.05, 4.69) is 5.32 Å². The topological polar surface area (TPSA) is 29.1 Å². The molecule has 1 aromatic carbocycles. The highest BCUT2D eigenvalue weighted by molar-refractivity contribution is 5.73. The lowest BCUT2D eigenvalue weighted by Gasteiger charge is -2.15. The van der Waals surface area contributed by atoms with Crippen LogP contribution in [0, 0.1) is 0 Å². The molecule has 0 aliphatic rings. The predicted octanol–water partition coefficient (Wildman–Crippen LogP) is 2.90. The van der Waals surface area contributed by atoms with Gasteiger partial charge in [-0.25, -0.2) is 0 Å². The summed E-state index contributed by atoms with van der Waals surface area (Å²) in [5.41, 5.74) is -0.271. The molecule has 1 aromatic rings. The lowest BCUT2D eigenvalue weighted by Crippen LogP contribution is -2.23. The van der Waals surface area contributed by atoms with Crippen molar-refractivity contribution in [1.29, 1.82) is 0 Å². The fraction of sp³-hybridized carbons (Fsp3) is 0.364. The standard InChI is InChI=1S/C11H12F3NO/c1-7(15-8(2)16)9-4-3-5-10(6-9)11(12,13)14/h3-7H,1-2H3,(H,15,16)/t7-/m0/s1. The van der Waals surface area contributed by atoms with Gasteiger partial charge in [0.05, 0.1) is 11.6 Å². The number of carbonyl (C=O) groups excluding carboxylic acids is 1. The van der Waals surface area contributed by atoms with Gasteiger partial charge in [-0.3, -0.25) is 4.79 Å². The minimum Gasteiger partial charge on any atom is -0.350 e. The van der Waals surface area contributed by atoms with Crippen LogP contribution in [0.1, 0.15) is 31.0 Å². The van der Waals surface area contributed by atoms with Crippen LogP contribution in [0.25, 0.3) is 0 Å². The van der Waals surface area contributed by atoms with Crippen LogP contribution in [0.15, 0.2) is 24.3 Å². The predicted molar refractivity (Wildman–Crippen MR) is 53.7 cm³/mol. The van der Waals surface area contributed by atoms with Gasteiger partial charge in [-0.2, -0.15) is 13.2 Å². The molecular formula is C11H12F3NO. The first kappa shape index (κ1) is 12.5. The van der Waals surface area contributed by atoms with Crippen LogP contribution >= 0.6 is 0 Å². The monoisotopic (exact) mass is 231 g/mol. The zero-order valence-corrected chi connectivity index (χ0v) is 8.93. The Bertz CT molecular complexity index is 387. The maximum absolute atomic E-state index is 12.4. The van der Waals surface area contributed by atoms with E-state index in [1.807, 2.05) is 0 Å². The lowest BCUT2D eigenvalue weighted by molar-refractivity contribution is -0.137. The van der Waals surface area contributed by atoms with E-state index in [9.17, 15) is 18.0 Å². The molecule has 0 saturated carbocycles. The molecule has 0 fully saturated rings. The van der Waals surface area contributed by atoms with Gasteiger partial charge in [0.2, 0.25) is 5.91 Å². The first-order chi connectivity index (χ1) is 7.30. The van der Waals surface area contributed by atoms with Gasteiger partial charge in [-0.15, -0.1) is 0 Å². The fourth-order valence-corrected chi connectivity index (χ4v) is 1.37. The highest BCUT2D eigenvalue weighted by Gasteiger charge is 2.30. The van der Waals surface area contributed by atoms with Gasteiger partial charge in [0.15, 0.2) is 0 Å². The van der Waals surface area contributed by atoms with Crippen LogP contribution < -0.4 is 5.32 Å². The Kier molecular flexibility index (Phi) is 3.57. The van der Waals surface area contributed by atoms with Crippen molar-refractivity contribution < 1.29 is 18.0 Å². The van der Waals surface area contributed by atoms with E-state index in [-0.39, 0.29) is 5.91 Å². The SMILES string of the molecule is CC(=O)N[C@@H](C)c1cccc(C(F)(F)F)c1. The van der Waals surface area contributed by atoms with E-state index in [4.69, 9.17) is 0 Å². The van der Waals surface area contributed by atoms with Crippen molar-refractivity contribution in [1.82, 2.24) is 5.32 Å². The summed E-state index contributed by atoms with van der Waals surface area (Å²) in [6, 6.07) is 4.50. The Morgan fingerprint density at radius 1 is 1.38 bits per heavy atom. The molecular weight excluding hydrogens is 219 g/mol. The first-order valence-corrected chi connectivity index (χ1v) is 4.75. The molecule has 1 rings (SSSR count). The second-order valence-corrected chi connectivity index (χ2v) is 3.55. The first-order valence-electron chi connectivity index (χ1n) is 4.75. The van der Waals surface area contributed by atoms with E-state index in [0.717, 1.165) is 12.1 Å². The zero-order valence-electron chi connectivity index (χ0n) is 8.93. The molecule has 0 spiro atoms. The molecule has 1 N–H and O–H groups in total. The van der Waals surface area contributed by atoms with Crippen molar-refractivity contribution in [3.63, 3.8) is 0 Å². The van der Waals surface area contributed by atoms with Crippen LogP contribution in [0.2, 0.25) is 0 Å². The number of hydrogen-bond acceptors (Lipinski definition) is 1. The van der Waals surface area contributed by atoms with Crippen molar-refractivity contribution in [3.8, 4) is 0 Å². The minimum absolute atomic E-state index is 0.273. The third-order valence-electron chi connectivity index (χ3n) is 2.13. The van der Waals surface area contributed by atoms with Gasteiger partial charge < -0.3 is 5.32 Å². The summed E-state index contributed by atoms with van der Waals surface area (Å²) in [6.07, 6.45) is -4.36. The summed E-state index contributed by atoms with van der Waals surface area (Å²) in [7, 11) is 0. The molecule has 0 heterocycles. The molecule has 5 heteroatoms. The minimum atomic E-state index is -4.36. The van der Waals surface area contributed by atoms with Gasteiger partial charge in [0, 0.05) is 6.92 Å². The molecule has 0 radical (unpaired) electrons. The zero-order chi connectivity index (χ0) is 12.3. The lowest BCUT2D eigenvalue weighted by atomic mass is 10.0. The van der Waals surface area contributed by atoms with E-state index in [1.165, 1.54) is 13.0 Å².